The molecule has 0 aliphatic carbocycles. The van der Waals surface area contributed by atoms with Gasteiger partial charge in [-0.2, -0.15) is 0 Å². The molecule has 0 unspecified atom stereocenters. The van der Waals surface area contributed by atoms with E-state index in [1.807, 2.05) is 12.3 Å². The normalized spacial score (nSPS) is 20.9. The lowest BCUT2D eigenvalue weighted by molar-refractivity contribution is -0.126. The first-order chi connectivity index (χ1) is 18.9. The number of amides is 1. The molecule has 1 amide bonds. The van der Waals surface area contributed by atoms with E-state index in [0.717, 1.165) is 81.2 Å². The van der Waals surface area contributed by atoms with Crippen molar-refractivity contribution in [3.63, 3.8) is 0 Å². The first-order valence-electron chi connectivity index (χ1n) is 14.2. The average molecular weight is 528 g/mol. The van der Waals surface area contributed by atoms with Gasteiger partial charge in [-0.15, -0.1) is 0 Å². The summed E-state index contributed by atoms with van der Waals surface area (Å²) < 4.78 is 0. The molecular weight excluding hydrogens is 486 g/mol. The number of rotatable bonds is 2. The number of anilines is 3. The van der Waals surface area contributed by atoms with Gasteiger partial charge < -0.3 is 20.9 Å². The molecule has 3 aromatic rings. The van der Waals surface area contributed by atoms with Gasteiger partial charge >= 0.3 is 0 Å². The number of nitrogens with zero attached hydrogens (tertiary/aromatic N) is 4. The third-order valence-electron chi connectivity index (χ3n) is 7.44. The minimum atomic E-state index is 0.106. The van der Waals surface area contributed by atoms with Crippen molar-refractivity contribution in [2.24, 2.45) is 5.92 Å². The molecule has 0 radical (unpaired) electrons. The number of aromatic nitrogens is 2. The summed E-state index contributed by atoms with van der Waals surface area (Å²) in [5.74, 6) is 0.895. The van der Waals surface area contributed by atoms with Crippen molar-refractivity contribution in [1.82, 2.24) is 25.1 Å². The largest absolute Gasteiger partial charge is 0.383 e. The van der Waals surface area contributed by atoms with E-state index in [0.29, 0.717) is 12.0 Å². The van der Waals surface area contributed by atoms with Crippen molar-refractivity contribution in [2.45, 2.75) is 52.2 Å². The first-order valence-corrected chi connectivity index (χ1v) is 14.2. The van der Waals surface area contributed by atoms with Gasteiger partial charge in [-0.25, -0.2) is 9.97 Å². The summed E-state index contributed by atoms with van der Waals surface area (Å²) in [4.78, 5) is 26.9. The molecule has 8 rings (SSSR count). The maximum absolute atomic E-state index is 12.8. The lowest BCUT2D eigenvalue weighted by Gasteiger charge is -2.31. The molecule has 8 bridgehead atoms. The number of piperidine rings is 1. The number of carbonyl (C=O) groups excluding carboxylic acids is 1. The Labute approximate surface area is 232 Å². The summed E-state index contributed by atoms with van der Waals surface area (Å²) in [6.45, 7) is 9.51. The zero-order valence-corrected chi connectivity index (χ0v) is 23.4. The quantitative estimate of drug-likeness (QED) is 0.438. The highest BCUT2D eigenvalue weighted by Gasteiger charge is 2.25. The van der Waals surface area contributed by atoms with Crippen LogP contribution >= 0.6 is 0 Å². The minimum absolute atomic E-state index is 0.106. The molecule has 6 heterocycles. The SMILES string of the molecule is CC(C)Nc1cc2cc(c1)Nc1nccc(n1)-c1ccc(cc1)CN(C)CCCNC(=O)C1CCN(CC1)C2. The lowest BCUT2D eigenvalue weighted by atomic mass is 9.95. The third kappa shape index (κ3) is 7.55. The fourth-order valence-electron chi connectivity index (χ4n) is 5.47. The van der Waals surface area contributed by atoms with Crippen LogP contribution in [0.5, 0.6) is 0 Å². The Morgan fingerprint density at radius 3 is 2.54 bits per heavy atom. The molecule has 2 aromatic carbocycles. The van der Waals surface area contributed by atoms with Crippen LogP contribution in [0.4, 0.5) is 17.3 Å². The van der Waals surface area contributed by atoms with Gasteiger partial charge in [-0.05, 0) is 95.2 Å². The third-order valence-corrected chi connectivity index (χ3v) is 7.44. The van der Waals surface area contributed by atoms with Crippen molar-refractivity contribution in [2.75, 3.05) is 43.9 Å². The molecule has 3 N–H and O–H groups in total. The Morgan fingerprint density at radius 1 is 0.974 bits per heavy atom. The van der Waals surface area contributed by atoms with Crippen molar-refractivity contribution < 1.29 is 4.79 Å². The second kappa shape index (κ2) is 12.6. The Hall–Kier alpha value is -3.49. The topological polar surface area (TPSA) is 85.4 Å². The second-order valence-electron chi connectivity index (χ2n) is 11.2. The van der Waals surface area contributed by atoms with Crippen molar-refractivity contribution in [3.8, 4) is 11.3 Å². The van der Waals surface area contributed by atoms with Gasteiger partial charge in [0.1, 0.15) is 0 Å². The van der Waals surface area contributed by atoms with Crippen LogP contribution in [0, 0.1) is 5.92 Å². The second-order valence-corrected chi connectivity index (χ2v) is 11.2. The van der Waals surface area contributed by atoms with Crippen LogP contribution in [0.15, 0.2) is 54.7 Å². The molecule has 1 saturated heterocycles. The van der Waals surface area contributed by atoms with Crippen LogP contribution in [-0.4, -0.2) is 64.9 Å². The van der Waals surface area contributed by atoms with Crippen LogP contribution in [0.2, 0.25) is 0 Å². The fourth-order valence-corrected chi connectivity index (χ4v) is 5.47. The fraction of sp³-hybridized carbons (Fsp3) is 0.452. The van der Waals surface area contributed by atoms with E-state index in [1.54, 1.807) is 0 Å². The lowest BCUT2D eigenvalue weighted by Crippen LogP contribution is -2.40. The first kappa shape index (κ1) is 27.1. The molecule has 8 nitrogen and oxygen atoms in total. The molecular formula is C31H41N7O. The van der Waals surface area contributed by atoms with Crippen LogP contribution in [-0.2, 0) is 17.9 Å². The molecule has 5 aliphatic rings. The number of carbonyl (C=O) groups is 1. The van der Waals surface area contributed by atoms with E-state index in [9.17, 15) is 4.79 Å². The predicted molar refractivity (Wildman–Crippen MR) is 158 cm³/mol. The maximum atomic E-state index is 12.8. The zero-order chi connectivity index (χ0) is 27.2. The van der Waals surface area contributed by atoms with Gasteiger partial charge in [0.25, 0.3) is 0 Å². The highest BCUT2D eigenvalue weighted by Crippen LogP contribution is 2.26. The molecule has 1 aromatic heterocycles. The van der Waals surface area contributed by atoms with E-state index in [4.69, 9.17) is 4.98 Å². The molecule has 8 heteroatoms. The van der Waals surface area contributed by atoms with Gasteiger partial charge in [-0.1, -0.05) is 24.3 Å². The molecule has 0 atom stereocenters. The summed E-state index contributed by atoms with van der Waals surface area (Å²) >= 11 is 0. The Bertz CT molecular complexity index is 1250. The monoisotopic (exact) mass is 527 g/mol. The highest BCUT2D eigenvalue weighted by molar-refractivity contribution is 5.78. The van der Waals surface area contributed by atoms with E-state index in [-0.39, 0.29) is 11.8 Å². The van der Waals surface area contributed by atoms with Gasteiger partial charge in [0, 0.05) is 54.7 Å². The number of benzene rings is 2. The smallest absolute Gasteiger partial charge is 0.227 e. The van der Waals surface area contributed by atoms with E-state index < -0.39 is 0 Å². The summed E-state index contributed by atoms with van der Waals surface area (Å²) in [5.41, 5.74) is 6.46. The molecule has 1 fully saturated rings. The van der Waals surface area contributed by atoms with E-state index in [2.05, 4.69) is 94.1 Å². The molecule has 0 saturated carbocycles. The van der Waals surface area contributed by atoms with Crippen molar-refractivity contribution in [1.29, 1.82) is 0 Å². The van der Waals surface area contributed by atoms with Crippen LogP contribution in [0.1, 0.15) is 44.2 Å². The summed E-state index contributed by atoms with van der Waals surface area (Å²) in [6.07, 6.45) is 4.55. The van der Waals surface area contributed by atoms with Gasteiger partial charge in [0.2, 0.25) is 11.9 Å². The molecule has 206 valence electrons. The van der Waals surface area contributed by atoms with Gasteiger partial charge in [0.05, 0.1) is 5.69 Å². The van der Waals surface area contributed by atoms with Crippen LogP contribution in [0.3, 0.4) is 0 Å². The van der Waals surface area contributed by atoms with E-state index >= 15 is 0 Å². The molecule has 39 heavy (non-hydrogen) atoms. The molecule has 5 aliphatic heterocycles. The van der Waals surface area contributed by atoms with E-state index in [1.165, 1.54) is 11.1 Å². The zero-order valence-electron chi connectivity index (χ0n) is 23.4. The van der Waals surface area contributed by atoms with Gasteiger partial charge in [-0.3, -0.25) is 9.69 Å². The predicted octanol–water partition coefficient (Wildman–Crippen LogP) is 4.87. The standard InChI is InChI=1S/C31H41N7O/c1-22(2)34-27-17-24-18-28(19-27)35-31-33-13-9-29(36-31)25-7-5-23(6-8-25)20-37(3)14-4-12-32-30(39)26-10-15-38(21-24)16-11-26/h5-9,13,17-19,22,26,34H,4,10-12,14-16,20-21H2,1-3H3,(H,32,39)(H,33,35,36). The number of nitrogens with one attached hydrogen (secondary N) is 3. The molecule has 0 spiro atoms. The van der Waals surface area contributed by atoms with Crippen LogP contribution < -0.4 is 16.0 Å². The van der Waals surface area contributed by atoms with Gasteiger partial charge in [0.15, 0.2) is 0 Å². The van der Waals surface area contributed by atoms with Crippen LogP contribution in [0.25, 0.3) is 11.3 Å². The Kier molecular flexibility index (Phi) is 8.74. The maximum Gasteiger partial charge on any atom is 0.227 e. The number of hydrogen-bond donors (Lipinski definition) is 3. The number of hydrogen-bond acceptors (Lipinski definition) is 7. The average Bonchev–Trinajstić information content (AvgIpc) is 2.91. The Morgan fingerprint density at radius 2 is 1.77 bits per heavy atom. The minimum Gasteiger partial charge on any atom is -0.383 e. The summed E-state index contributed by atoms with van der Waals surface area (Å²) in [5, 5.41) is 10.2. The Balaban J connectivity index is 1.42. The van der Waals surface area contributed by atoms with Crippen molar-refractivity contribution in [3.05, 3.63) is 65.9 Å². The highest BCUT2D eigenvalue weighted by atomic mass is 16.1. The summed E-state index contributed by atoms with van der Waals surface area (Å²) in [6, 6.07) is 17.4. The van der Waals surface area contributed by atoms with Crippen molar-refractivity contribution >= 4 is 23.2 Å². The summed E-state index contributed by atoms with van der Waals surface area (Å²) in [7, 11) is 2.13.